The van der Waals surface area contributed by atoms with Gasteiger partial charge in [-0.25, -0.2) is 9.97 Å². The summed E-state index contributed by atoms with van der Waals surface area (Å²) in [6, 6.07) is 8.11. The van der Waals surface area contributed by atoms with Gasteiger partial charge in [-0.05, 0) is 97.9 Å². The molecule has 2 aliphatic heterocycles. The van der Waals surface area contributed by atoms with E-state index in [0.29, 0.717) is 37.1 Å². The molecule has 222 valence electrons. The second-order valence-electron chi connectivity index (χ2n) is 11.8. The van der Waals surface area contributed by atoms with Crippen LogP contribution >= 0.6 is 0 Å². The number of nitrogens with zero attached hydrogens (tertiary/aromatic N) is 2. The first-order valence-corrected chi connectivity index (χ1v) is 16.1. The molecule has 0 aromatic carbocycles. The summed E-state index contributed by atoms with van der Waals surface area (Å²) in [7, 11) is 0. The van der Waals surface area contributed by atoms with Crippen LogP contribution in [-0.4, -0.2) is 31.5 Å². The minimum atomic E-state index is -0.654. The Morgan fingerprint density at radius 3 is 1.05 bits per heavy atom. The number of hydrogen-bond acceptors (Lipinski definition) is 4. The molecule has 0 fully saturated rings. The van der Waals surface area contributed by atoms with E-state index in [1.54, 1.807) is 0 Å². The number of H-pyrrole nitrogens is 2. The number of nitrogens with one attached hydrogen (secondary N) is 2. The summed E-state index contributed by atoms with van der Waals surface area (Å²) in [5, 5.41) is 0. The lowest BCUT2D eigenvalue weighted by molar-refractivity contribution is 0.0879. The van der Waals surface area contributed by atoms with Crippen LogP contribution in [0.4, 0.5) is 0 Å². The molecule has 2 aliphatic rings. The summed E-state index contributed by atoms with van der Waals surface area (Å²) in [6.45, 7) is 17.0. The van der Waals surface area contributed by atoms with Gasteiger partial charge in [0, 0.05) is 22.1 Å². The number of hydrogen-bond donors (Lipinski definition) is 2. The Morgan fingerprint density at radius 2 is 0.786 bits per heavy atom. The lowest BCUT2D eigenvalue weighted by atomic mass is 9.76. The van der Waals surface area contributed by atoms with E-state index in [-0.39, 0.29) is 11.6 Å². The number of carbonyl (C=O) groups excluding carboxylic acids is 2. The SMILES string of the molecule is CCc1c(CC)c2cc3nc(cc4[nH]c(cc5nc(cc1[nH]2)C(=O)C5(CC)CC)c(CC)c4CC)C(CC)(CC)C3=O. The average Bonchev–Trinajstić information content (AvgIpc) is 3.67. The Bertz CT molecular complexity index is 1590. The molecule has 42 heavy (non-hydrogen) atoms. The predicted octanol–water partition coefficient (Wildman–Crippen LogP) is 8.45. The normalized spacial score (nSPS) is 15.9. The molecule has 5 rings (SSSR count). The van der Waals surface area contributed by atoms with Gasteiger partial charge in [0.05, 0.1) is 22.2 Å². The molecule has 6 nitrogen and oxygen atoms in total. The number of carbonyl (C=O) groups is 2. The van der Waals surface area contributed by atoms with Crippen molar-refractivity contribution in [2.75, 3.05) is 0 Å². The van der Waals surface area contributed by atoms with Crippen molar-refractivity contribution in [2.45, 2.75) is 118 Å². The number of fused-ring (bicyclic) bond motifs is 8. The first kappa shape index (κ1) is 29.9. The summed E-state index contributed by atoms with van der Waals surface area (Å²) < 4.78 is 0. The quantitative estimate of drug-likeness (QED) is 0.286. The lowest BCUT2D eigenvalue weighted by Crippen LogP contribution is -2.30. The number of aromatic nitrogens is 4. The zero-order chi connectivity index (χ0) is 30.4. The maximum atomic E-state index is 14.1. The van der Waals surface area contributed by atoms with Crippen molar-refractivity contribution in [3.05, 3.63) is 69.3 Å². The molecule has 0 aliphatic carbocycles. The maximum Gasteiger partial charge on any atom is 0.193 e. The first-order chi connectivity index (χ1) is 20.2. The second-order valence-corrected chi connectivity index (χ2v) is 11.8. The third-order valence-electron chi connectivity index (χ3n) is 10.3. The Labute approximate surface area is 249 Å². The third-order valence-corrected chi connectivity index (χ3v) is 10.3. The highest BCUT2D eigenvalue weighted by Crippen LogP contribution is 2.41. The van der Waals surface area contributed by atoms with Gasteiger partial charge >= 0.3 is 0 Å². The van der Waals surface area contributed by atoms with Crippen molar-refractivity contribution in [2.24, 2.45) is 0 Å². The van der Waals surface area contributed by atoms with Crippen LogP contribution in [0.25, 0.3) is 22.1 Å². The molecule has 5 heterocycles. The second kappa shape index (κ2) is 11.3. The fourth-order valence-corrected chi connectivity index (χ4v) is 7.60. The van der Waals surface area contributed by atoms with Gasteiger partial charge in [0.1, 0.15) is 11.4 Å². The van der Waals surface area contributed by atoms with Gasteiger partial charge in [-0.1, -0.05) is 55.4 Å². The number of rotatable bonds is 8. The summed E-state index contributed by atoms with van der Waals surface area (Å²) in [5.74, 6) is 0.167. The Hall–Kier alpha value is -3.54. The topological polar surface area (TPSA) is 91.5 Å². The van der Waals surface area contributed by atoms with Gasteiger partial charge < -0.3 is 9.97 Å². The summed E-state index contributed by atoms with van der Waals surface area (Å²) in [6.07, 6.45) is 6.07. The van der Waals surface area contributed by atoms with E-state index in [0.717, 1.165) is 70.3 Å². The number of Topliss-reactive ketones (excluding diaryl/α,β-unsaturated/α-hetero) is 2. The van der Waals surface area contributed by atoms with Crippen LogP contribution in [0.5, 0.6) is 0 Å². The largest absolute Gasteiger partial charge is 0.355 e. The van der Waals surface area contributed by atoms with Crippen molar-refractivity contribution in [3.8, 4) is 0 Å². The zero-order valence-electron chi connectivity index (χ0n) is 26.7. The van der Waals surface area contributed by atoms with Crippen LogP contribution in [0.15, 0.2) is 24.3 Å². The fourth-order valence-electron chi connectivity index (χ4n) is 7.60. The molecule has 0 atom stereocenters. The lowest BCUT2D eigenvalue weighted by Gasteiger charge is -2.23. The standard InChI is InChI=1S/C36H46N4O2/c1-9-21-22(10-2)26-18-30-34(42)36(15-7,16-8)32(40-30)20-28-24(12-4)23(11-3)27(38-28)19-31-35(13-5,14-6)33(41)29(39-31)17-25(21)37-26/h17-20,37-38H,9-16H2,1-8H3. The molecule has 3 aromatic rings. The maximum absolute atomic E-state index is 14.1. The van der Waals surface area contributed by atoms with Gasteiger partial charge in [0.25, 0.3) is 0 Å². The molecule has 0 saturated heterocycles. The van der Waals surface area contributed by atoms with E-state index in [9.17, 15) is 9.59 Å². The van der Waals surface area contributed by atoms with Crippen molar-refractivity contribution in [1.82, 2.24) is 19.9 Å². The monoisotopic (exact) mass is 566 g/mol. The van der Waals surface area contributed by atoms with Crippen molar-refractivity contribution >= 4 is 33.6 Å². The molecule has 0 radical (unpaired) electrons. The third kappa shape index (κ3) is 4.20. The highest BCUT2D eigenvalue weighted by molar-refractivity contribution is 6.06. The molecule has 0 unspecified atom stereocenters. The highest BCUT2D eigenvalue weighted by Gasteiger charge is 2.45. The minimum Gasteiger partial charge on any atom is -0.355 e. The predicted molar refractivity (Wildman–Crippen MR) is 172 cm³/mol. The Balaban J connectivity index is 2.04. The van der Waals surface area contributed by atoms with Crippen LogP contribution in [0, 0.1) is 0 Å². The first-order valence-electron chi connectivity index (χ1n) is 16.1. The molecule has 2 N–H and O–H groups in total. The van der Waals surface area contributed by atoms with Crippen molar-refractivity contribution in [3.63, 3.8) is 0 Å². The zero-order valence-corrected chi connectivity index (χ0v) is 26.7. The summed E-state index contributed by atoms with van der Waals surface area (Å²) in [5.41, 5.74) is 9.90. The fraction of sp³-hybridized carbons (Fsp3) is 0.500. The molecular weight excluding hydrogens is 520 g/mol. The van der Waals surface area contributed by atoms with Crippen LogP contribution in [0.1, 0.15) is 136 Å². The molecular formula is C36H46N4O2. The molecule has 0 spiro atoms. The molecule has 0 saturated carbocycles. The highest BCUT2D eigenvalue weighted by atomic mass is 16.1. The molecule has 6 heteroatoms. The van der Waals surface area contributed by atoms with Gasteiger partial charge in [0.2, 0.25) is 0 Å². The number of aryl methyl sites for hydroxylation is 4. The van der Waals surface area contributed by atoms with E-state index in [4.69, 9.17) is 9.97 Å². The van der Waals surface area contributed by atoms with Gasteiger partial charge in [-0.2, -0.15) is 0 Å². The number of ketones is 2. The van der Waals surface area contributed by atoms with Crippen molar-refractivity contribution in [1.29, 1.82) is 0 Å². The van der Waals surface area contributed by atoms with Crippen LogP contribution in [0.2, 0.25) is 0 Å². The Kier molecular flexibility index (Phi) is 8.04. The van der Waals surface area contributed by atoms with Crippen molar-refractivity contribution < 1.29 is 9.59 Å². The molecule has 0 amide bonds. The van der Waals surface area contributed by atoms with E-state index >= 15 is 0 Å². The summed E-state index contributed by atoms with van der Waals surface area (Å²) in [4.78, 5) is 45.6. The van der Waals surface area contributed by atoms with Crippen LogP contribution in [0.3, 0.4) is 0 Å². The van der Waals surface area contributed by atoms with Gasteiger partial charge in [-0.3, -0.25) is 9.59 Å². The van der Waals surface area contributed by atoms with E-state index in [2.05, 4.69) is 77.5 Å². The van der Waals surface area contributed by atoms with Crippen LogP contribution in [-0.2, 0) is 36.5 Å². The number of aromatic amines is 2. The van der Waals surface area contributed by atoms with E-state index < -0.39 is 10.8 Å². The smallest absolute Gasteiger partial charge is 0.193 e. The van der Waals surface area contributed by atoms with Crippen LogP contribution < -0.4 is 0 Å². The Morgan fingerprint density at radius 1 is 0.500 bits per heavy atom. The minimum absolute atomic E-state index is 0.0836. The summed E-state index contributed by atoms with van der Waals surface area (Å²) >= 11 is 0. The van der Waals surface area contributed by atoms with E-state index in [1.807, 2.05) is 12.1 Å². The molecule has 3 aromatic heterocycles. The average molecular weight is 567 g/mol. The van der Waals surface area contributed by atoms with Gasteiger partial charge in [-0.15, -0.1) is 0 Å². The van der Waals surface area contributed by atoms with E-state index in [1.165, 1.54) is 11.1 Å². The molecule has 8 bridgehead atoms. The van der Waals surface area contributed by atoms with Gasteiger partial charge in [0.15, 0.2) is 11.6 Å².